The number of amidine groups is 1. The van der Waals surface area contributed by atoms with Crippen LogP contribution in [0.5, 0.6) is 0 Å². The predicted molar refractivity (Wildman–Crippen MR) is 103 cm³/mol. The molecule has 0 aliphatic heterocycles. The van der Waals surface area contributed by atoms with Gasteiger partial charge in [0.1, 0.15) is 18.1 Å². The van der Waals surface area contributed by atoms with Crippen LogP contribution in [0.2, 0.25) is 5.02 Å². The molecule has 132 valence electrons. The molecule has 1 amide bonds. The standard InChI is InChI=1S/C17H18BrClN4O2/c1-2-25-10-16(20)22-8-11-5-12(18)7-14(6-11)23-17(24)15-4-3-13(19)9-21-15/h3-7,9H,2,8,10H2,1H3,(H2,20,22)(H,23,24). The zero-order valence-electron chi connectivity index (χ0n) is 13.6. The Morgan fingerprint density at radius 3 is 2.88 bits per heavy atom. The van der Waals surface area contributed by atoms with Gasteiger partial charge in [0.2, 0.25) is 0 Å². The van der Waals surface area contributed by atoms with Crippen molar-refractivity contribution in [3.63, 3.8) is 0 Å². The van der Waals surface area contributed by atoms with Crippen molar-refractivity contribution in [2.24, 2.45) is 10.7 Å². The van der Waals surface area contributed by atoms with Crippen LogP contribution in [0.3, 0.4) is 0 Å². The van der Waals surface area contributed by atoms with E-state index in [1.165, 1.54) is 6.20 Å². The molecule has 2 aromatic rings. The summed E-state index contributed by atoms with van der Waals surface area (Å²) in [5.41, 5.74) is 7.59. The van der Waals surface area contributed by atoms with Gasteiger partial charge in [-0.05, 0) is 42.8 Å². The Bertz CT molecular complexity index is 766. The minimum Gasteiger partial charge on any atom is -0.386 e. The number of rotatable bonds is 7. The molecule has 0 saturated heterocycles. The highest BCUT2D eigenvalue weighted by Crippen LogP contribution is 2.21. The minimum absolute atomic E-state index is 0.282. The Balaban J connectivity index is 2.07. The maximum Gasteiger partial charge on any atom is 0.274 e. The molecule has 0 unspecified atom stereocenters. The lowest BCUT2D eigenvalue weighted by Crippen LogP contribution is -2.19. The summed E-state index contributed by atoms with van der Waals surface area (Å²) in [6.07, 6.45) is 1.43. The number of nitrogens with zero attached hydrogens (tertiary/aromatic N) is 2. The van der Waals surface area contributed by atoms with E-state index in [2.05, 4.69) is 31.2 Å². The highest BCUT2D eigenvalue weighted by Gasteiger charge is 2.09. The third-order valence-corrected chi connectivity index (χ3v) is 3.78. The number of amides is 1. The Kier molecular flexibility index (Phi) is 7.36. The van der Waals surface area contributed by atoms with Crippen LogP contribution in [0.25, 0.3) is 0 Å². The van der Waals surface area contributed by atoms with Crippen LogP contribution in [0.4, 0.5) is 5.69 Å². The molecule has 2 rings (SSSR count). The number of carbonyl (C=O) groups excluding carboxylic acids is 1. The third-order valence-electron chi connectivity index (χ3n) is 3.09. The molecule has 0 saturated carbocycles. The maximum atomic E-state index is 12.2. The van der Waals surface area contributed by atoms with Gasteiger partial charge in [0.15, 0.2) is 0 Å². The number of aromatic nitrogens is 1. The zero-order valence-corrected chi connectivity index (χ0v) is 16.0. The molecule has 0 spiro atoms. The number of carbonyl (C=O) groups is 1. The fourth-order valence-corrected chi connectivity index (χ4v) is 2.62. The van der Waals surface area contributed by atoms with E-state index in [1.54, 1.807) is 18.2 Å². The summed E-state index contributed by atoms with van der Waals surface area (Å²) in [6, 6.07) is 8.72. The van der Waals surface area contributed by atoms with Gasteiger partial charge < -0.3 is 15.8 Å². The van der Waals surface area contributed by atoms with Crippen molar-refractivity contribution in [2.45, 2.75) is 13.5 Å². The molecule has 3 N–H and O–H groups in total. The van der Waals surface area contributed by atoms with Gasteiger partial charge in [-0.2, -0.15) is 0 Å². The summed E-state index contributed by atoms with van der Waals surface area (Å²) in [7, 11) is 0. The second kappa shape index (κ2) is 9.50. The molecule has 0 bridgehead atoms. The lowest BCUT2D eigenvalue weighted by Gasteiger charge is -2.08. The minimum atomic E-state index is -0.319. The van der Waals surface area contributed by atoms with Gasteiger partial charge in [-0.1, -0.05) is 27.5 Å². The molecule has 1 aromatic heterocycles. The first-order valence-electron chi connectivity index (χ1n) is 7.57. The Labute approximate surface area is 159 Å². The Hall–Kier alpha value is -1.96. The van der Waals surface area contributed by atoms with Crippen molar-refractivity contribution >= 4 is 45.0 Å². The van der Waals surface area contributed by atoms with Crippen molar-refractivity contribution in [3.8, 4) is 0 Å². The van der Waals surface area contributed by atoms with Gasteiger partial charge in [0.25, 0.3) is 5.91 Å². The van der Waals surface area contributed by atoms with Crippen molar-refractivity contribution in [1.82, 2.24) is 4.98 Å². The van der Waals surface area contributed by atoms with E-state index in [0.29, 0.717) is 36.3 Å². The Morgan fingerprint density at radius 2 is 2.20 bits per heavy atom. The number of nitrogens with two attached hydrogens (primary N) is 1. The summed E-state index contributed by atoms with van der Waals surface area (Å²) < 4.78 is 6.02. The normalized spacial score (nSPS) is 11.4. The van der Waals surface area contributed by atoms with Crippen molar-refractivity contribution < 1.29 is 9.53 Å². The van der Waals surface area contributed by atoms with Crippen molar-refractivity contribution in [1.29, 1.82) is 0 Å². The number of halogens is 2. The number of anilines is 1. The van der Waals surface area contributed by atoms with Crippen molar-refractivity contribution in [2.75, 3.05) is 18.5 Å². The van der Waals surface area contributed by atoms with Crippen LogP contribution in [-0.2, 0) is 11.3 Å². The van der Waals surface area contributed by atoms with E-state index < -0.39 is 0 Å². The van der Waals surface area contributed by atoms with E-state index >= 15 is 0 Å². The number of benzene rings is 1. The number of nitrogens with one attached hydrogen (secondary N) is 1. The summed E-state index contributed by atoms with van der Waals surface area (Å²) in [4.78, 5) is 20.5. The van der Waals surface area contributed by atoms with E-state index in [-0.39, 0.29) is 11.6 Å². The third kappa shape index (κ3) is 6.45. The van der Waals surface area contributed by atoms with E-state index in [0.717, 1.165) is 10.0 Å². The van der Waals surface area contributed by atoms with Crippen LogP contribution >= 0.6 is 27.5 Å². The molecule has 1 heterocycles. The average molecular weight is 426 g/mol. The number of aliphatic imine (C=N–C) groups is 1. The second-order valence-electron chi connectivity index (χ2n) is 5.11. The van der Waals surface area contributed by atoms with Crippen LogP contribution in [0.15, 0.2) is 46.0 Å². The fourth-order valence-electron chi connectivity index (χ4n) is 1.96. The molecule has 1 aromatic carbocycles. The zero-order chi connectivity index (χ0) is 18.2. The largest absolute Gasteiger partial charge is 0.386 e. The first kappa shape index (κ1) is 19.4. The summed E-state index contributed by atoms with van der Waals surface area (Å²) >= 11 is 9.21. The van der Waals surface area contributed by atoms with Gasteiger partial charge in [-0.3, -0.25) is 9.79 Å². The van der Waals surface area contributed by atoms with Crippen LogP contribution in [0, 0.1) is 0 Å². The number of pyridine rings is 1. The quantitative estimate of drug-likeness (QED) is 0.523. The van der Waals surface area contributed by atoms with Gasteiger partial charge in [-0.25, -0.2) is 4.98 Å². The molecular formula is C17H18BrClN4O2. The smallest absolute Gasteiger partial charge is 0.274 e. The number of hydrogen-bond donors (Lipinski definition) is 2. The number of hydrogen-bond acceptors (Lipinski definition) is 4. The SMILES string of the molecule is CCOCC(N)=NCc1cc(Br)cc(NC(=O)c2ccc(Cl)cn2)c1. The molecule has 8 heteroatoms. The van der Waals surface area contributed by atoms with Gasteiger partial charge in [0.05, 0.1) is 11.6 Å². The Morgan fingerprint density at radius 1 is 1.40 bits per heavy atom. The van der Waals surface area contributed by atoms with E-state index in [4.69, 9.17) is 22.1 Å². The number of ether oxygens (including phenoxy) is 1. The monoisotopic (exact) mass is 424 g/mol. The highest BCUT2D eigenvalue weighted by molar-refractivity contribution is 9.10. The summed E-state index contributed by atoms with van der Waals surface area (Å²) in [6.45, 7) is 3.17. The van der Waals surface area contributed by atoms with Crippen LogP contribution in [-0.4, -0.2) is 29.9 Å². The molecule has 0 fully saturated rings. The topological polar surface area (TPSA) is 89.6 Å². The lowest BCUT2D eigenvalue weighted by atomic mass is 10.2. The van der Waals surface area contributed by atoms with Gasteiger partial charge >= 0.3 is 0 Å². The average Bonchev–Trinajstić information content (AvgIpc) is 2.58. The molecule has 0 aliphatic carbocycles. The first-order chi connectivity index (χ1) is 12.0. The second-order valence-corrected chi connectivity index (χ2v) is 6.46. The van der Waals surface area contributed by atoms with Crippen molar-refractivity contribution in [3.05, 3.63) is 57.3 Å². The highest BCUT2D eigenvalue weighted by atomic mass is 79.9. The summed E-state index contributed by atoms with van der Waals surface area (Å²) in [5.74, 6) is 0.109. The lowest BCUT2D eigenvalue weighted by molar-refractivity contribution is 0.102. The molecule has 0 aliphatic rings. The van der Waals surface area contributed by atoms with Gasteiger partial charge in [0, 0.05) is 23.0 Å². The van der Waals surface area contributed by atoms with E-state index in [9.17, 15) is 4.79 Å². The molecular weight excluding hydrogens is 408 g/mol. The van der Waals surface area contributed by atoms with E-state index in [1.807, 2.05) is 19.1 Å². The van der Waals surface area contributed by atoms with Crippen LogP contribution in [0.1, 0.15) is 23.0 Å². The summed E-state index contributed by atoms with van der Waals surface area (Å²) in [5, 5.41) is 3.28. The molecule has 6 nitrogen and oxygen atoms in total. The molecule has 0 atom stereocenters. The maximum absolute atomic E-state index is 12.2. The predicted octanol–water partition coefficient (Wildman–Crippen LogP) is 3.64. The van der Waals surface area contributed by atoms with Gasteiger partial charge in [-0.15, -0.1) is 0 Å². The van der Waals surface area contributed by atoms with Crippen LogP contribution < -0.4 is 11.1 Å². The molecule has 25 heavy (non-hydrogen) atoms. The molecule has 0 radical (unpaired) electrons. The first-order valence-corrected chi connectivity index (χ1v) is 8.74. The fraction of sp³-hybridized carbons (Fsp3) is 0.235.